The maximum atomic E-state index is 10.9. The van der Waals surface area contributed by atoms with Gasteiger partial charge in [-0.25, -0.2) is 4.79 Å². The number of halogens is 1. The van der Waals surface area contributed by atoms with Crippen molar-refractivity contribution in [2.75, 3.05) is 0 Å². The van der Waals surface area contributed by atoms with Crippen molar-refractivity contribution in [1.29, 1.82) is 0 Å². The van der Waals surface area contributed by atoms with Crippen molar-refractivity contribution in [2.45, 2.75) is 12.8 Å². The lowest BCUT2D eigenvalue weighted by Crippen LogP contribution is -1.97. The Morgan fingerprint density at radius 2 is 1.81 bits per heavy atom. The molecule has 2 aromatic heterocycles. The smallest absolute Gasteiger partial charge is 0.345 e. The Morgan fingerprint density at radius 3 is 2.50 bits per heavy atom. The molecular weight excluding hydrogens is 264 g/mol. The number of aromatic carboxylic acids is 1. The largest absolute Gasteiger partial charge is 0.477 e. The zero-order valence-corrected chi connectivity index (χ0v) is 10.5. The minimum absolute atomic E-state index is 0.419. The van der Waals surface area contributed by atoms with E-state index in [2.05, 4.69) is 0 Å². The van der Waals surface area contributed by atoms with Gasteiger partial charge in [-0.15, -0.1) is 22.7 Å². The number of hydrogen-bond donors (Lipinski definition) is 1. The van der Waals surface area contributed by atoms with Crippen LogP contribution in [0.25, 0.3) is 9.75 Å². The van der Waals surface area contributed by atoms with E-state index in [1.165, 1.54) is 16.9 Å². The van der Waals surface area contributed by atoms with E-state index in [4.69, 9.17) is 16.7 Å². The van der Waals surface area contributed by atoms with Gasteiger partial charge >= 0.3 is 5.97 Å². The van der Waals surface area contributed by atoms with Crippen molar-refractivity contribution in [2.24, 2.45) is 0 Å². The van der Waals surface area contributed by atoms with Crippen LogP contribution in [0, 0.1) is 0 Å². The molecule has 0 aromatic carbocycles. The molecule has 0 bridgehead atoms. The standard InChI is InChI=1S/C11H7ClO2S2/c12-8-4-6-2-1-5-3-7(11(13)14)15-9(5)10(6)16-8/h3-4H,1-2H2,(H,13,14). The minimum Gasteiger partial charge on any atom is -0.477 e. The fraction of sp³-hybridized carbons (Fsp3) is 0.182. The van der Waals surface area contributed by atoms with Gasteiger partial charge in [-0.3, -0.25) is 0 Å². The van der Waals surface area contributed by atoms with E-state index in [1.54, 1.807) is 17.4 Å². The molecule has 5 heteroatoms. The van der Waals surface area contributed by atoms with Crippen molar-refractivity contribution in [3.05, 3.63) is 32.5 Å². The SMILES string of the molecule is O=C(O)c1cc2c(s1)-c1sc(Cl)cc1CC2. The third-order valence-corrected chi connectivity index (χ3v) is 5.30. The van der Waals surface area contributed by atoms with Crippen LogP contribution in [0.5, 0.6) is 0 Å². The molecule has 0 aliphatic heterocycles. The molecule has 0 radical (unpaired) electrons. The Labute approximate surface area is 105 Å². The van der Waals surface area contributed by atoms with Crippen LogP contribution in [-0.4, -0.2) is 11.1 Å². The Morgan fingerprint density at radius 1 is 1.19 bits per heavy atom. The van der Waals surface area contributed by atoms with Crippen LogP contribution < -0.4 is 0 Å². The molecule has 82 valence electrons. The van der Waals surface area contributed by atoms with Crippen LogP contribution >= 0.6 is 34.3 Å². The predicted octanol–water partition coefficient (Wildman–Crippen LogP) is 3.93. The van der Waals surface area contributed by atoms with Gasteiger partial charge < -0.3 is 5.11 Å². The highest BCUT2D eigenvalue weighted by atomic mass is 35.5. The van der Waals surface area contributed by atoms with E-state index in [-0.39, 0.29) is 0 Å². The van der Waals surface area contributed by atoms with Crippen LogP contribution in [0.15, 0.2) is 12.1 Å². The van der Waals surface area contributed by atoms with Crippen LogP contribution in [0.3, 0.4) is 0 Å². The number of carbonyl (C=O) groups is 1. The molecule has 2 aromatic rings. The summed E-state index contributed by atoms with van der Waals surface area (Å²) >= 11 is 8.89. The van der Waals surface area contributed by atoms with E-state index < -0.39 is 5.97 Å². The first kappa shape index (κ1) is 10.3. The summed E-state index contributed by atoms with van der Waals surface area (Å²) < 4.78 is 0.781. The molecule has 0 atom stereocenters. The van der Waals surface area contributed by atoms with Gasteiger partial charge in [0.05, 0.1) is 4.34 Å². The lowest BCUT2D eigenvalue weighted by Gasteiger charge is -2.10. The van der Waals surface area contributed by atoms with Gasteiger partial charge in [0.1, 0.15) is 4.88 Å². The molecule has 0 spiro atoms. The number of carboxylic acid groups (broad SMARTS) is 1. The first-order valence-electron chi connectivity index (χ1n) is 4.80. The van der Waals surface area contributed by atoms with Gasteiger partial charge in [0, 0.05) is 9.75 Å². The highest BCUT2D eigenvalue weighted by Crippen LogP contribution is 2.45. The third-order valence-electron chi connectivity index (χ3n) is 2.67. The molecule has 3 rings (SSSR count). The average molecular weight is 271 g/mol. The maximum Gasteiger partial charge on any atom is 0.345 e. The topological polar surface area (TPSA) is 37.3 Å². The van der Waals surface area contributed by atoms with E-state index in [9.17, 15) is 4.79 Å². The highest BCUT2D eigenvalue weighted by Gasteiger charge is 2.23. The molecule has 1 aliphatic carbocycles. The zero-order chi connectivity index (χ0) is 11.3. The van der Waals surface area contributed by atoms with Crippen molar-refractivity contribution in [3.63, 3.8) is 0 Å². The van der Waals surface area contributed by atoms with E-state index >= 15 is 0 Å². The summed E-state index contributed by atoms with van der Waals surface area (Å²) in [4.78, 5) is 13.6. The molecule has 0 unspecified atom stereocenters. The average Bonchev–Trinajstić information content (AvgIpc) is 2.77. The molecule has 1 N–H and O–H groups in total. The molecule has 0 amide bonds. The minimum atomic E-state index is -0.844. The van der Waals surface area contributed by atoms with E-state index in [0.717, 1.165) is 32.5 Å². The Kier molecular flexibility index (Phi) is 2.31. The lowest BCUT2D eigenvalue weighted by atomic mass is 9.98. The summed E-state index contributed by atoms with van der Waals surface area (Å²) in [6, 6.07) is 3.78. The second kappa shape index (κ2) is 3.58. The van der Waals surface area contributed by atoms with Crippen LogP contribution in [0.4, 0.5) is 0 Å². The monoisotopic (exact) mass is 270 g/mol. The third kappa shape index (κ3) is 1.49. The number of carboxylic acids is 1. The summed E-state index contributed by atoms with van der Waals surface area (Å²) in [6.07, 6.45) is 1.88. The number of fused-ring (bicyclic) bond motifs is 3. The molecule has 0 fully saturated rings. The van der Waals surface area contributed by atoms with Crippen molar-refractivity contribution >= 4 is 40.2 Å². The molecule has 2 nitrogen and oxygen atoms in total. The quantitative estimate of drug-likeness (QED) is 0.853. The summed E-state index contributed by atoms with van der Waals surface area (Å²) in [7, 11) is 0. The van der Waals surface area contributed by atoms with Gasteiger partial charge in [0.25, 0.3) is 0 Å². The molecular formula is C11H7ClO2S2. The summed E-state index contributed by atoms with van der Waals surface area (Å²) in [5.41, 5.74) is 2.40. The summed E-state index contributed by atoms with van der Waals surface area (Å²) in [5.74, 6) is -0.844. The van der Waals surface area contributed by atoms with Crippen LogP contribution in [0.1, 0.15) is 20.8 Å². The van der Waals surface area contributed by atoms with Crippen LogP contribution in [-0.2, 0) is 12.8 Å². The number of hydrogen-bond acceptors (Lipinski definition) is 3. The summed E-state index contributed by atoms with van der Waals surface area (Å²) in [5, 5.41) is 8.97. The number of thiophene rings is 2. The molecule has 1 aliphatic rings. The number of rotatable bonds is 1. The second-order valence-corrected chi connectivity index (χ2v) is 6.41. The predicted molar refractivity (Wildman–Crippen MR) is 67.0 cm³/mol. The lowest BCUT2D eigenvalue weighted by molar-refractivity contribution is 0.0702. The molecule has 0 saturated heterocycles. The first-order valence-corrected chi connectivity index (χ1v) is 6.81. The van der Waals surface area contributed by atoms with Gasteiger partial charge in [-0.2, -0.15) is 0 Å². The Hall–Kier alpha value is -0.840. The second-order valence-electron chi connectivity index (χ2n) is 3.68. The molecule has 0 saturated carbocycles. The fourth-order valence-electron chi connectivity index (χ4n) is 1.95. The maximum absolute atomic E-state index is 10.9. The highest BCUT2D eigenvalue weighted by molar-refractivity contribution is 7.25. The van der Waals surface area contributed by atoms with Crippen molar-refractivity contribution in [3.8, 4) is 9.75 Å². The molecule has 16 heavy (non-hydrogen) atoms. The van der Waals surface area contributed by atoms with E-state index in [0.29, 0.717) is 4.88 Å². The fourth-order valence-corrected chi connectivity index (χ4v) is 4.50. The normalized spacial score (nSPS) is 13.3. The van der Waals surface area contributed by atoms with Gasteiger partial charge in [-0.1, -0.05) is 11.6 Å². The van der Waals surface area contributed by atoms with Gasteiger partial charge in [0.2, 0.25) is 0 Å². The molecule has 2 heterocycles. The van der Waals surface area contributed by atoms with Gasteiger partial charge in [0.15, 0.2) is 0 Å². The Balaban J connectivity index is 2.19. The zero-order valence-electron chi connectivity index (χ0n) is 8.12. The van der Waals surface area contributed by atoms with Crippen LogP contribution in [0.2, 0.25) is 4.34 Å². The first-order chi connectivity index (χ1) is 7.65. The van der Waals surface area contributed by atoms with Crippen molar-refractivity contribution in [1.82, 2.24) is 0 Å². The van der Waals surface area contributed by atoms with Gasteiger partial charge in [-0.05, 0) is 36.1 Å². The number of aryl methyl sites for hydroxylation is 2. The Bertz CT molecular complexity index is 583. The van der Waals surface area contributed by atoms with E-state index in [1.807, 2.05) is 6.07 Å². The van der Waals surface area contributed by atoms with Crippen molar-refractivity contribution < 1.29 is 9.90 Å². The summed E-state index contributed by atoms with van der Waals surface area (Å²) in [6.45, 7) is 0.